The van der Waals surface area contributed by atoms with E-state index in [0.29, 0.717) is 30.1 Å². The first-order valence-corrected chi connectivity index (χ1v) is 5.57. The van der Waals surface area contributed by atoms with Gasteiger partial charge in [0.25, 0.3) is 0 Å². The number of rotatable bonds is 3. The first-order chi connectivity index (χ1) is 8.17. The van der Waals surface area contributed by atoms with Crippen LogP contribution in [0.15, 0.2) is 24.9 Å². The van der Waals surface area contributed by atoms with Crippen molar-refractivity contribution in [3.05, 3.63) is 35.5 Å². The molecular weight excluding hydrogens is 240 g/mol. The lowest BCUT2D eigenvalue weighted by molar-refractivity contribution is -0.117. The Morgan fingerprint density at radius 1 is 1.59 bits per heavy atom. The number of anilines is 1. The van der Waals surface area contributed by atoms with Crippen LogP contribution in [0.4, 0.5) is 5.82 Å². The van der Waals surface area contributed by atoms with E-state index in [4.69, 9.17) is 11.6 Å². The predicted molar refractivity (Wildman–Crippen MR) is 65.3 cm³/mol. The zero-order valence-electron chi connectivity index (χ0n) is 9.10. The van der Waals surface area contributed by atoms with Gasteiger partial charge in [0.15, 0.2) is 6.29 Å². The van der Waals surface area contributed by atoms with Crippen LogP contribution >= 0.6 is 11.6 Å². The molecule has 0 N–H and O–H groups in total. The van der Waals surface area contributed by atoms with Crippen LogP contribution in [0, 0.1) is 5.92 Å². The number of carbonyl (C=O) groups is 2. The molecule has 1 unspecified atom stereocenters. The van der Waals surface area contributed by atoms with Gasteiger partial charge in [-0.2, -0.15) is 0 Å². The van der Waals surface area contributed by atoms with Crippen LogP contribution in [-0.2, 0) is 4.79 Å². The third-order valence-electron chi connectivity index (χ3n) is 2.78. The maximum Gasteiger partial charge on any atom is 0.228 e. The smallest absolute Gasteiger partial charge is 0.228 e. The van der Waals surface area contributed by atoms with Crippen LogP contribution in [0.3, 0.4) is 0 Å². The lowest BCUT2D eigenvalue weighted by atomic mass is 10.1. The zero-order valence-corrected chi connectivity index (χ0v) is 9.85. The van der Waals surface area contributed by atoms with Crippen molar-refractivity contribution in [3.8, 4) is 0 Å². The number of hydrogen-bond donors (Lipinski definition) is 0. The van der Waals surface area contributed by atoms with Crippen LogP contribution in [-0.4, -0.2) is 23.7 Å². The quantitative estimate of drug-likeness (QED) is 0.610. The van der Waals surface area contributed by atoms with E-state index in [2.05, 4.69) is 11.6 Å². The average Bonchev–Trinajstić information content (AvgIpc) is 2.70. The molecule has 1 aromatic rings. The molecule has 0 radical (unpaired) electrons. The number of pyridine rings is 1. The van der Waals surface area contributed by atoms with Crippen molar-refractivity contribution < 1.29 is 9.59 Å². The highest BCUT2D eigenvalue weighted by atomic mass is 35.5. The Bertz CT molecular complexity index is 487. The fourth-order valence-electron chi connectivity index (χ4n) is 1.86. The highest BCUT2D eigenvalue weighted by molar-refractivity contribution is 6.33. The summed E-state index contributed by atoms with van der Waals surface area (Å²) in [5.74, 6) is 0.373. The SMILES string of the molecule is C=CC1CC(=O)N(c2nccc(Cl)c2C=O)C1. The van der Waals surface area contributed by atoms with Gasteiger partial charge in [-0.1, -0.05) is 17.7 Å². The Balaban J connectivity index is 2.41. The molecule has 0 spiro atoms. The second-order valence-corrected chi connectivity index (χ2v) is 4.26. The van der Waals surface area contributed by atoms with E-state index in [1.54, 1.807) is 6.08 Å². The third kappa shape index (κ3) is 2.08. The van der Waals surface area contributed by atoms with Crippen LogP contribution in [0.5, 0.6) is 0 Å². The molecule has 4 nitrogen and oxygen atoms in total. The number of nitrogens with zero attached hydrogens (tertiary/aromatic N) is 2. The molecule has 1 aliphatic heterocycles. The summed E-state index contributed by atoms with van der Waals surface area (Å²) in [6.45, 7) is 4.17. The Labute approximate surface area is 104 Å². The van der Waals surface area contributed by atoms with E-state index in [1.807, 2.05) is 0 Å². The van der Waals surface area contributed by atoms with Crippen molar-refractivity contribution in [1.29, 1.82) is 0 Å². The maximum atomic E-state index is 11.8. The maximum absolute atomic E-state index is 11.8. The summed E-state index contributed by atoms with van der Waals surface area (Å²) in [6.07, 6.45) is 4.25. The molecule has 1 atom stereocenters. The lowest BCUT2D eigenvalue weighted by Crippen LogP contribution is -2.26. The molecule has 1 amide bonds. The molecule has 2 rings (SSSR count). The number of amides is 1. The van der Waals surface area contributed by atoms with Gasteiger partial charge in [0.1, 0.15) is 5.82 Å². The third-order valence-corrected chi connectivity index (χ3v) is 3.11. The minimum Gasteiger partial charge on any atom is -0.298 e. The number of hydrogen-bond acceptors (Lipinski definition) is 3. The minimum atomic E-state index is -0.0623. The van der Waals surface area contributed by atoms with Gasteiger partial charge in [0.05, 0.1) is 10.6 Å². The van der Waals surface area contributed by atoms with Gasteiger partial charge in [-0.3, -0.25) is 14.5 Å². The van der Waals surface area contributed by atoms with Crippen LogP contribution < -0.4 is 4.90 Å². The first kappa shape index (κ1) is 11.8. The second kappa shape index (κ2) is 4.67. The highest BCUT2D eigenvalue weighted by Gasteiger charge is 2.31. The number of halogens is 1. The Morgan fingerprint density at radius 2 is 2.35 bits per heavy atom. The number of carbonyl (C=O) groups excluding carboxylic acids is 2. The summed E-state index contributed by atoms with van der Waals surface area (Å²) in [6, 6.07) is 1.53. The van der Waals surface area contributed by atoms with Crippen LogP contribution in [0.25, 0.3) is 0 Å². The highest BCUT2D eigenvalue weighted by Crippen LogP contribution is 2.29. The van der Waals surface area contributed by atoms with Gasteiger partial charge in [0.2, 0.25) is 5.91 Å². The Hall–Kier alpha value is -1.68. The van der Waals surface area contributed by atoms with Gasteiger partial charge < -0.3 is 0 Å². The van der Waals surface area contributed by atoms with E-state index in [0.717, 1.165) is 0 Å². The molecule has 5 heteroatoms. The summed E-state index contributed by atoms with van der Waals surface area (Å²) in [4.78, 5) is 28.3. The van der Waals surface area contributed by atoms with E-state index < -0.39 is 0 Å². The van der Waals surface area contributed by atoms with E-state index in [1.165, 1.54) is 17.2 Å². The molecule has 0 aliphatic carbocycles. The normalized spacial score (nSPS) is 19.5. The van der Waals surface area contributed by atoms with Gasteiger partial charge in [-0.25, -0.2) is 4.98 Å². The van der Waals surface area contributed by atoms with Crippen molar-refractivity contribution >= 4 is 29.6 Å². The van der Waals surface area contributed by atoms with Gasteiger partial charge in [-0.05, 0) is 6.07 Å². The molecular formula is C12H11ClN2O2. The fourth-order valence-corrected chi connectivity index (χ4v) is 2.05. The number of aldehydes is 1. The molecule has 1 aliphatic rings. The second-order valence-electron chi connectivity index (χ2n) is 3.85. The molecule has 1 fully saturated rings. The van der Waals surface area contributed by atoms with E-state index in [9.17, 15) is 9.59 Å². The van der Waals surface area contributed by atoms with Gasteiger partial charge >= 0.3 is 0 Å². The molecule has 0 aromatic carbocycles. The standard InChI is InChI=1S/C12H11ClN2O2/c1-2-8-5-11(17)15(6-8)12-9(7-16)10(13)3-4-14-12/h2-4,7-8H,1,5-6H2. The Kier molecular flexibility index (Phi) is 3.24. The monoisotopic (exact) mass is 250 g/mol. The van der Waals surface area contributed by atoms with Crippen molar-refractivity contribution in [2.24, 2.45) is 5.92 Å². The topological polar surface area (TPSA) is 50.3 Å². The van der Waals surface area contributed by atoms with Crippen LogP contribution in [0.1, 0.15) is 16.8 Å². The lowest BCUT2D eigenvalue weighted by Gasteiger charge is -2.17. The first-order valence-electron chi connectivity index (χ1n) is 5.20. The van der Waals surface area contributed by atoms with E-state index >= 15 is 0 Å². The summed E-state index contributed by atoms with van der Waals surface area (Å²) in [5, 5.41) is 0.305. The van der Waals surface area contributed by atoms with Crippen molar-refractivity contribution in [1.82, 2.24) is 4.98 Å². The van der Waals surface area contributed by atoms with Crippen molar-refractivity contribution in [3.63, 3.8) is 0 Å². The van der Waals surface area contributed by atoms with Gasteiger partial charge in [-0.15, -0.1) is 6.58 Å². The molecule has 0 saturated carbocycles. The fraction of sp³-hybridized carbons (Fsp3) is 0.250. The Morgan fingerprint density at radius 3 is 2.94 bits per heavy atom. The molecule has 1 saturated heterocycles. The average molecular weight is 251 g/mol. The molecule has 88 valence electrons. The molecule has 2 heterocycles. The molecule has 17 heavy (non-hydrogen) atoms. The molecule has 0 bridgehead atoms. The van der Waals surface area contributed by atoms with Crippen molar-refractivity contribution in [2.75, 3.05) is 11.4 Å². The minimum absolute atomic E-state index is 0.0623. The van der Waals surface area contributed by atoms with E-state index in [-0.39, 0.29) is 17.4 Å². The summed E-state index contributed by atoms with van der Waals surface area (Å²) in [5.41, 5.74) is 0.257. The van der Waals surface area contributed by atoms with Crippen LogP contribution in [0.2, 0.25) is 5.02 Å². The predicted octanol–water partition coefficient (Wildman–Crippen LogP) is 2.09. The number of aromatic nitrogens is 1. The summed E-state index contributed by atoms with van der Waals surface area (Å²) in [7, 11) is 0. The zero-order chi connectivity index (χ0) is 12.4. The van der Waals surface area contributed by atoms with Crippen molar-refractivity contribution in [2.45, 2.75) is 6.42 Å². The largest absolute Gasteiger partial charge is 0.298 e. The summed E-state index contributed by atoms with van der Waals surface area (Å²) < 4.78 is 0. The molecule has 1 aromatic heterocycles. The van der Waals surface area contributed by atoms with Gasteiger partial charge in [0, 0.05) is 25.1 Å². The summed E-state index contributed by atoms with van der Waals surface area (Å²) >= 11 is 5.90.